The molecule has 1 saturated heterocycles. The Kier molecular flexibility index (Phi) is 7.39. The highest BCUT2D eigenvalue weighted by Crippen LogP contribution is 2.43. The molecule has 11 heteroatoms. The van der Waals surface area contributed by atoms with Crippen LogP contribution in [0.4, 0.5) is 18.0 Å². The standard InChI is InChI=1S/C19H28F3N3O4S/c1-12-11-30-15(24-12)18(28,19(20,21)22)9-14(26)25-7-5-13(6-8-25)10-23-16(27)29-17(2,3)4/h11,13,28H,5-10H2,1-4H3,(H,23,27). The first-order chi connectivity index (χ1) is 13.7. The van der Waals surface area contributed by atoms with Gasteiger partial charge in [-0.25, -0.2) is 9.78 Å². The summed E-state index contributed by atoms with van der Waals surface area (Å²) in [7, 11) is 0. The van der Waals surface area contributed by atoms with Gasteiger partial charge in [-0.1, -0.05) is 0 Å². The van der Waals surface area contributed by atoms with Crippen molar-refractivity contribution in [1.82, 2.24) is 15.2 Å². The summed E-state index contributed by atoms with van der Waals surface area (Å²) in [4.78, 5) is 29.3. The molecule has 2 heterocycles. The van der Waals surface area contributed by atoms with Crippen molar-refractivity contribution in [2.75, 3.05) is 19.6 Å². The van der Waals surface area contributed by atoms with Crippen LogP contribution in [0.3, 0.4) is 0 Å². The fourth-order valence-electron chi connectivity index (χ4n) is 3.10. The monoisotopic (exact) mass is 451 g/mol. The highest BCUT2D eigenvalue weighted by atomic mass is 32.1. The maximum atomic E-state index is 13.6. The molecule has 2 rings (SSSR count). The van der Waals surface area contributed by atoms with E-state index < -0.39 is 40.8 Å². The first kappa shape index (κ1) is 24.4. The fraction of sp³-hybridized carbons (Fsp3) is 0.737. The van der Waals surface area contributed by atoms with E-state index in [2.05, 4.69) is 10.3 Å². The van der Waals surface area contributed by atoms with Crippen LogP contribution in [0.5, 0.6) is 0 Å². The lowest BCUT2D eigenvalue weighted by atomic mass is 9.94. The van der Waals surface area contributed by atoms with E-state index in [9.17, 15) is 27.9 Å². The van der Waals surface area contributed by atoms with Gasteiger partial charge >= 0.3 is 12.3 Å². The summed E-state index contributed by atoms with van der Waals surface area (Å²) in [6.45, 7) is 7.66. The molecule has 0 bridgehead atoms. The summed E-state index contributed by atoms with van der Waals surface area (Å²) in [5.41, 5.74) is -3.56. The Bertz CT molecular complexity index is 755. The number of carbonyl (C=O) groups excluding carboxylic acids is 2. The van der Waals surface area contributed by atoms with Crippen LogP contribution in [0, 0.1) is 12.8 Å². The zero-order chi connectivity index (χ0) is 22.7. The third kappa shape index (κ3) is 6.31. The number of piperidine rings is 1. The van der Waals surface area contributed by atoms with Gasteiger partial charge in [0, 0.05) is 30.7 Å². The number of alkyl carbamates (subject to hydrolysis) is 1. The number of aliphatic hydroxyl groups is 1. The van der Waals surface area contributed by atoms with Gasteiger partial charge in [-0.2, -0.15) is 13.2 Å². The Morgan fingerprint density at radius 1 is 1.30 bits per heavy atom. The molecule has 0 aromatic carbocycles. The fourth-order valence-corrected chi connectivity index (χ4v) is 4.01. The lowest BCUT2D eigenvalue weighted by molar-refractivity contribution is -0.268. The molecule has 1 aliphatic rings. The normalized spacial score (nSPS) is 18.1. The van der Waals surface area contributed by atoms with E-state index in [0.29, 0.717) is 36.4 Å². The highest BCUT2D eigenvalue weighted by molar-refractivity contribution is 7.09. The van der Waals surface area contributed by atoms with Crippen LogP contribution in [-0.2, 0) is 15.1 Å². The number of alkyl halides is 3. The molecule has 7 nitrogen and oxygen atoms in total. The van der Waals surface area contributed by atoms with Crippen LogP contribution in [0.15, 0.2) is 5.38 Å². The molecule has 170 valence electrons. The van der Waals surface area contributed by atoms with Crippen molar-refractivity contribution in [1.29, 1.82) is 0 Å². The average molecular weight is 452 g/mol. The summed E-state index contributed by atoms with van der Waals surface area (Å²) >= 11 is 0.682. The number of hydrogen-bond donors (Lipinski definition) is 2. The number of thiazole rings is 1. The number of likely N-dealkylation sites (tertiary alicyclic amines) is 1. The van der Waals surface area contributed by atoms with Crippen molar-refractivity contribution < 1.29 is 32.6 Å². The van der Waals surface area contributed by atoms with Crippen molar-refractivity contribution in [3.05, 3.63) is 16.1 Å². The van der Waals surface area contributed by atoms with Crippen molar-refractivity contribution >= 4 is 23.3 Å². The third-order valence-corrected chi connectivity index (χ3v) is 5.86. The summed E-state index contributed by atoms with van der Waals surface area (Å²) in [6, 6.07) is 0. The minimum Gasteiger partial charge on any atom is -0.444 e. The molecule has 30 heavy (non-hydrogen) atoms. The maximum Gasteiger partial charge on any atom is 0.424 e. The third-order valence-electron chi connectivity index (χ3n) is 4.75. The van der Waals surface area contributed by atoms with Crippen molar-refractivity contribution in [2.45, 2.75) is 64.3 Å². The van der Waals surface area contributed by atoms with Crippen LogP contribution in [0.2, 0.25) is 0 Å². The smallest absolute Gasteiger partial charge is 0.424 e. The molecule has 1 atom stereocenters. The second-order valence-electron chi connectivity index (χ2n) is 8.54. The zero-order valence-corrected chi connectivity index (χ0v) is 18.3. The van der Waals surface area contributed by atoms with E-state index in [-0.39, 0.29) is 19.0 Å². The van der Waals surface area contributed by atoms with Crippen LogP contribution >= 0.6 is 11.3 Å². The number of nitrogens with zero attached hydrogens (tertiary/aromatic N) is 2. The lowest BCUT2D eigenvalue weighted by Gasteiger charge is -2.35. The maximum absolute atomic E-state index is 13.6. The van der Waals surface area contributed by atoms with Crippen molar-refractivity contribution in [3.8, 4) is 0 Å². The first-order valence-corrected chi connectivity index (χ1v) is 10.6. The van der Waals surface area contributed by atoms with Gasteiger partial charge in [-0.15, -0.1) is 11.3 Å². The lowest BCUT2D eigenvalue weighted by Crippen LogP contribution is -2.49. The van der Waals surface area contributed by atoms with E-state index in [0.717, 1.165) is 0 Å². The SMILES string of the molecule is Cc1csc(C(O)(CC(=O)N2CCC(CNC(=O)OC(C)(C)C)CC2)C(F)(F)F)n1. The highest BCUT2D eigenvalue weighted by Gasteiger charge is 2.58. The largest absolute Gasteiger partial charge is 0.444 e. The molecule has 0 aliphatic carbocycles. The number of nitrogens with one attached hydrogen (secondary N) is 1. The molecule has 0 saturated carbocycles. The second-order valence-corrected chi connectivity index (χ2v) is 9.39. The predicted molar refractivity (Wildman–Crippen MR) is 105 cm³/mol. The van der Waals surface area contributed by atoms with Gasteiger partial charge in [-0.3, -0.25) is 4.79 Å². The van der Waals surface area contributed by atoms with Gasteiger partial charge in [0.2, 0.25) is 11.5 Å². The van der Waals surface area contributed by atoms with Crippen LogP contribution in [0.25, 0.3) is 0 Å². The molecule has 2 N–H and O–H groups in total. The Morgan fingerprint density at radius 2 is 1.90 bits per heavy atom. The summed E-state index contributed by atoms with van der Waals surface area (Å²) in [5.74, 6) is -0.689. The van der Waals surface area contributed by atoms with Gasteiger partial charge in [-0.05, 0) is 46.5 Å². The molecule has 1 unspecified atom stereocenters. The van der Waals surface area contributed by atoms with Crippen LogP contribution in [-0.4, -0.2) is 58.4 Å². The zero-order valence-electron chi connectivity index (χ0n) is 17.5. The van der Waals surface area contributed by atoms with Gasteiger partial charge in [0.25, 0.3) is 0 Å². The van der Waals surface area contributed by atoms with Gasteiger partial charge in [0.15, 0.2) is 0 Å². The summed E-state index contributed by atoms with van der Waals surface area (Å²) < 4.78 is 45.9. The Hall–Kier alpha value is -1.88. The van der Waals surface area contributed by atoms with E-state index in [1.807, 2.05) is 0 Å². The van der Waals surface area contributed by atoms with Gasteiger partial charge < -0.3 is 20.1 Å². The van der Waals surface area contributed by atoms with E-state index in [1.165, 1.54) is 17.2 Å². The number of ether oxygens (including phenoxy) is 1. The first-order valence-electron chi connectivity index (χ1n) is 9.67. The molecular weight excluding hydrogens is 423 g/mol. The topological polar surface area (TPSA) is 91.8 Å². The minimum atomic E-state index is -5.03. The van der Waals surface area contributed by atoms with Gasteiger partial charge in [0.1, 0.15) is 10.6 Å². The van der Waals surface area contributed by atoms with E-state index in [4.69, 9.17) is 4.74 Å². The Balaban J connectivity index is 1.91. The second kappa shape index (κ2) is 9.09. The minimum absolute atomic E-state index is 0.0877. The number of rotatable bonds is 5. The molecule has 1 aromatic rings. The average Bonchev–Trinajstić information content (AvgIpc) is 3.05. The van der Waals surface area contributed by atoms with Crippen LogP contribution < -0.4 is 5.32 Å². The van der Waals surface area contributed by atoms with Crippen molar-refractivity contribution in [3.63, 3.8) is 0 Å². The molecule has 1 aliphatic heterocycles. The molecule has 1 aromatic heterocycles. The number of aryl methyl sites for hydroxylation is 1. The number of carbonyl (C=O) groups is 2. The number of aromatic nitrogens is 1. The molecule has 0 radical (unpaired) electrons. The number of halogens is 3. The summed E-state index contributed by atoms with van der Waals surface area (Å²) in [6.07, 6.45) is -5.60. The predicted octanol–water partition coefficient (Wildman–Crippen LogP) is 3.35. The number of amides is 2. The Labute approximate surface area is 177 Å². The molecular formula is C19H28F3N3O4S. The molecule has 1 fully saturated rings. The van der Waals surface area contributed by atoms with Crippen molar-refractivity contribution in [2.24, 2.45) is 5.92 Å². The van der Waals surface area contributed by atoms with Crippen LogP contribution in [0.1, 0.15) is 50.7 Å². The molecule has 0 spiro atoms. The molecule has 2 amide bonds. The quantitative estimate of drug-likeness (QED) is 0.716. The van der Waals surface area contributed by atoms with E-state index >= 15 is 0 Å². The van der Waals surface area contributed by atoms with E-state index in [1.54, 1.807) is 20.8 Å². The number of hydrogen-bond acceptors (Lipinski definition) is 6. The summed E-state index contributed by atoms with van der Waals surface area (Å²) in [5, 5.41) is 13.9. The van der Waals surface area contributed by atoms with Gasteiger partial charge in [0.05, 0.1) is 6.42 Å². The Morgan fingerprint density at radius 3 is 2.37 bits per heavy atom.